The van der Waals surface area contributed by atoms with Gasteiger partial charge in [0.15, 0.2) is 5.96 Å². The number of nitrogens with one attached hydrogen (secondary N) is 1. The number of nitrogens with zero attached hydrogens (tertiary/aromatic N) is 5. The molecule has 2 aliphatic heterocycles. The second-order valence-electron chi connectivity index (χ2n) is 8.03. The number of carbonyl (C=O) groups excluding carboxylic acids is 1. The molecule has 0 bridgehead atoms. The lowest BCUT2D eigenvalue weighted by molar-refractivity contribution is -0.131. The Morgan fingerprint density at radius 3 is 2.47 bits per heavy atom. The minimum Gasteiger partial charge on any atom is -0.444 e. The Morgan fingerprint density at radius 2 is 1.78 bits per heavy atom. The summed E-state index contributed by atoms with van der Waals surface area (Å²) in [5.74, 6) is 1.77. The van der Waals surface area contributed by atoms with E-state index in [2.05, 4.69) is 27.0 Å². The Kier molecular flexibility index (Phi) is 9.34. The zero-order chi connectivity index (χ0) is 21.5. The summed E-state index contributed by atoms with van der Waals surface area (Å²) in [4.78, 5) is 28.3. The third-order valence-electron chi connectivity index (χ3n) is 5.79. The number of carbonyl (C=O) groups is 1. The molecule has 2 aliphatic rings. The number of piperazine rings is 1. The zero-order valence-electron chi connectivity index (χ0n) is 18.7. The second-order valence-corrected chi connectivity index (χ2v) is 8.03. The molecule has 0 atom stereocenters. The first-order valence-corrected chi connectivity index (χ1v) is 11.3. The number of oxazole rings is 1. The molecular formula is C23H33IN6O2. The summed E-state index contributed by atoms with van der Waals surface area (Å²) >= 11 is 0. The van der Waals surface area contributed by atoms with Gasteiger partial charge in [0.05, 0.1) is 13.1 Å². The monoisotopic (exact) mass is 552 g/mol. The van der Waals surface area contributed by atoms with E-state index in [-0.39, 0.29) is 29.9 Å². The van der Waals surface area contributed by atoms with Crippen molar-refractivity contribution in [3.63, 3.8) is 0 Å². The van der Waals surface area contributed by atoms with Crippen LogP contribution in [0.5, 0.6) is 0 Å². The van der Waals surface area contributed by atoms with Crippen molar-refractivity contribution in [2.75, 3.05) is 52.4 Å². The predicted octanol–water partition coefficient (Wildman–Crippen LogP) is 2.67. The molecule has 2 saturated heterocycles. The minimum absolute atomic E-state index is 0. The van der Waals surface area contributed by atoms with Gasteiger partial charge in [0, 0.05) is 51.4 Å². The van der Waals surface area contributed by atoms with Crippen molar-refractivity contribution in [3.05, 3.63) is 42.3 Å². The predicted molar refractivity (Wildman–Crippen MR) is 136 cm³/mol. The van der Waals surface area contributed by atoms with Crippen LogP contribution >= 0.6 is 24.0 Å². The summed E-state index contributed by atoms with van der Waals surface area (Å²) in [6, 6.07) is 9.88. The van der Waals surface area contributed by atoms with Crippen molar-refractivity contribution >= 4 is 35.8 Å². The molecule has 32 heavy (non-hydrogen) atoms. The summed E-state index contributed by atoms with van der Waals surface area (Å²) in [6.45, 7) is 9.16. The quantitative estimate of drug-likeness (QED) is 0.338. The van der Waals surface area contributed by atoms with Crippen molar-refractivity contribution in [3.8, 4) is 11.5 Å². The zero-order valence-corrected chi connectivity index (χ0v) is 21.0. The number of hydrogen-bond donors (Lipinski definition) is 1. The Bertz CT molecular complexity index is 874. The molecule has 2 fully saturated rings. The van der Waals surface area contributed by atoms with E-state index < -0.39 is 0 Å². The van der Waals surface area contributed by atoms with Crippen molar-refractivity contribution in [1.82, 2.24) is 25.0 Å². The average molecular weight is 552 g/mol. The van der Waals surface area contributed by atoms with Crippen LogP contribution in [0.3, 0.4) is 0 Å². The van der Waals surface area contributed by atoms with Crippen LogP contribution in [0.4, 0.5) is 0 Å². The summed E-state index contributed by atoms with van der Waals surface area (Å²) in [7, 11) is 0. The Morgan fingerprint density at radius 1 is 1.06 bits per heavy atom. The van der Waals surface area contributed by atoms with Gasteiger partial charge in [0.25, 0.3) is 0 Å². The number of aliphatic imine (C=N–C) groups is 1. The molecule has 0 aliphatic carbocycles. The van der Waals surface area contributed by atoms with Gasteiger partial charge < -0.3 is 19.5 Å². The topological polar surface area (TPSA) is 77.2 Å². The van der Waals surface area contributed by atoms with Crippen LogP contribution in [-0.2, 0) is 11.3 Å². The van der Waals surface area contributed by atoms with Gasteiger partial charge in [-0.1, -0.05) is 18.2 Å². The fraction of sp³-hybridized carbons (Fsp3) is 0.522. The fourth-order valence-electron chi connectivity index (χ4n) is 4.05. The fourth-order valence-corrected chi connectivity index (χ4v) is 4.05. The molecule has 3 heterocycles. The van der Waals surface area contributed by atoms with Gasteiger partial charge in [-0.3, -0.25) is 9.69 Å². The molecule has 2 aromatic rings. The van der Waals surface area contributed by atoms with Crippen LogP contribution in [-0.4, -0.2) is 83.9 Å². The van der Waals surface area contributed by atoms with Crippen molar-refractivity contribution in [1.29, 1.82) is 0 Å². The summed E-state index contributed by atoms with van der Waals surface area (Å²) < 4.78 is 5.62. The number of guanidine groups is 1. The number of benzene rings is 1. The standard InChI is InChI=1S/C23H32N6O2.HI/c1-2-24-23(25-16-20-18-31-22(26-20)19-8-4-3-5-9-19)29-14-12-27(13-15-29)17-21(30)28-10-6-7-11-28;/h3-5,8-9,18H,2,6-7,10-17H2,1H3,(H,24,25);1H. The first-order chi connectivity index (χ1) is 15.2. The molecule has 1 N–H and O–H groups in total. The summed E-state index contributed by atoms with van der Waals surface area (Å²) in [6.07, 6.45) is 3.96. The van der Waals surface area contributed by atoms with E-state index in [1.165, 1.54) is 0 Å². The van der Waals surface area contributed by atoms with Gasteiger partial charge in [-0.2, -0.15) is 0 Å². The summed E-state index contributed by atoms with van der Waals surface area (Å²) in [5, 5.41) is 3.39. The average Bonchev–Trinajstić information content (AvgIpc) is 3.50. The van der Waals surface area contributed by atoms with Gasteiger partial charge in [-0.05, 0) is 31.9 Å². The van der Waals surface area contributed by atoms with Crippen LogP contribution in [0.2, 0.25) is 0 Å². The van der Waals surface area contributed by atoms with E-state index in [0.29, 0.717) is 19.0 Å². The molecule has 8 nitrogen and oxygen atoms in total. The molecule has 174 valence electrons. The highest BCUT2D eigenvalue weighted by molar-refractivity contribution is 14.0. The maximum atomic E-state index is 12.4. The molecule has 0 spiro atoms. The van der Waals surface area contributed by atoms with Gasteiger partial charge in [-0.25, -0.2) is 9.98 Å². The lowest BCUT2D eigenvalue weighted by atomic mass is 10.2. The SMILES string of the molecule is CCNC(=NCc1coc(-c2ccccc2)n1)N1CCN(CC(=O)N2CCCC2)CC1.I. The minimum atomic E-state index is 0. The molecule has 0 radical (unpaired) electrons. The highest BCUT2D eigenvalue weighted by Crippen LogP contribution is 2.18. The van der Waals surface area contributed by atoms with Crippen molar-refractivity contribution < 1.29 is 9.21 Å². The second kappa shape index (κ2) is 12.2. The highest BCUT2D eigenvalue weighted by Gasteiger charge is 2.24. The van der Waals surface area contributed by atoms with E-state index in [1.807, 2.05) is 35.2 Å². The molecule has 4 rings (SSSR count). The van der Waals surface area contributed by atoms with E-state index in [1.54, 1.807) is 6.26 Å². The first-order valence-electron chi connectivity index (χ1n) is 11.3. The molecule has 0 unspecified atom stereocenters. The smallest absolute Gasteiger partial charge is 0.236 e. The molecule has 9 heteroatoms. The van der Waals surface area contributed by atoms with E-state index in [0.717, 1.165) is 75.9 Å². The lowest BCUT2D eigenvalue weighted by Gasteiger charge is -2.36. The number of aromatic nitrogens is 1. The number of amides is 1. The van der Waals surface area contributed by atoms with E-state index in [9.17, 15) is 4.79 Å². The molecular weight excluding hydrogens is 519 g/mol. The Balaban J connectivity index is 0.00000289. The largest absolute Gasteiger partial charge is 0.444 e. The van der Waals surface area contributed by atoms with Crippen molar-refractivity contribution in [2.24, 2.45) is 4.99 Å². The van der Waals surface area contributed by atoms with E-state index >= 15 is 0 Å². The number of hydrogen-bond acceptors (Lipinski definition) is 5. The highest BCUT2D eigenvalue weighted by atomic mass is 127. The Labute approximate surface area is 207 Å². The number of rotatable bonds is 6. The third kappa shape index (κ3) is 6.44. The van der Waals surface area contributed by atoms with Gasteiger partial charge >= 0.3 is 0 Å². The van der Waals surface area contributed by atoms with Crippen LogP contribution in [0.15, 0.2) is 46.0 Å². The maximum Gasteiger partial charge on any atom is 0.236 e. The van der Waals surface area contributed by atoms with Crippen LogP contribution < -0.4 is 5.32 Å². The Hall–Kier alpha value is -2.14. The van der Waals surface area contributed by atoms with Crippen LogP contribution in [0, 0.1) is 0 Å². The van der Waals surface area contributed by atoms with E-state index in [4.69, 9.17) is 9.41 Å². The van der Waals surface area contributed by atoms with Crippen LogP contribution in [0.1, 0.15) is 25.5 Å². The molecule has 1 amide bonds. The molecule has 1 aromatic carbocycles. The number of halogens is 1. The van der Waals surface area contributed by atoms with Crippen molar-refractivity contribution in [2.45, 2.75) is 26.3 Å². The van der Waals surface area contributed by atoms with Gasteiger partial charge in [-0.15, -0.1) is 24.0 Å². The number of likely N-dealkylation sites (tertiary alicyclic amines) is 1. The van der Waals surface area contributed by atoms with Gasteiger partial charge in [0.1, 0.15) is 12.0 Å². The molecule has 1 aromatic heterocycles. The third-order valence-corrected chi connectivity index (χ3v) is 5.79. The normalized spacial score (nSPS) is 17.3. The summed E-state index contributed by atoms with van der Waals surface area (Å²) in [5.41, 5.74) is 1.77. The van der Waals surface area contributed by atoms with Crippen LogP contribution in [0.25, 0.3) is 11.5 Å². The van der Waals surface area contributed by atoms with Gasteiger partial charge in [0.2, 0.25) is 11.8 Å². The molecule has 0 saturated carbocycles. The lowest BCUT2D eigenvalue weighted by Crippen LogP contribution is -2.54. The maximum absolute atomic E-state index is 12.4. The first kappa shape index (κ1) is 24.5.